The van der Waals surface area contributed by atoms with Gasteiger partial charge in [-0.05, 0) is 42.0 Å². The van der Waals surface area contributed by atoms with Gasteiger partial charge in [0.1, 0.15) is 5.75 Å². The Hall–Kier alpha value is -0.770. The largest absolute Gasteiger partial charge is 0.496 e. The number of aliphatic hydroxyl groups excluding tert-OH is 2. The second kappa shape index (κ2) is 6.98. The Morgan fingerprint density at radius 2 is 2.00 bits per heavy atom. The quantitative estimate of drug-likeness (QED) is 0.837. The van der Waals surface area contributed by atoms with Crippen molar-refractivity contribution in [1.82, 2.24) is 0 Å². The van der Waals surface area contributed by atoms with E-state index < -0.39 is 6.10 Å². The van der Waals surface area contributed by atoms with E-state index in [1.54, 1.807) is 7.11 Å². The molecule has 0 aliphatic heterocycles. The van der Waals surface area contributed by atoms with Gasteiger partial charge in [-0.2, -0.15) is 0 Å². The molecule has 0 saturated heterocycles. The lowest BCUT2D eigenvalue weighted by Crippen LogP contribution is -2.13. The monoisotopic (exact) mass is 272 g/mol. The van der Waals surface area contributed by atoms with Crippen LogP contribution in [0.3, 0.4) is 0 Å². The van der Waals surface area contributed by atoms with E-state index in [0.717, 1.165) is 16.9 Å². The van der Waals surface area contributed by atoms with Crippen LogP contribution in [-0.2, 0) is 6.42 Å². The van der Waals surface area contributed by atoms with Gasteiger partial charge in [0.05, 0.1) is 19.8 Å². The highest BCUT2D eigenvalue weighted by Crippen LogP contribution is 2.34. The number of halogens is 1. The van der Waals surface area contributed by atoms with Crippen molar-refractivity contribution in [2.75, 3.05) is 13.7 Å². The van der Waals surface area contributed by atoms with Crippen molar-refractivity contribution in [2.24, 2.45) is 0 Å². The van der Waals surface area contributed by atoms with Gasteiger partial charge >= 0.3 is 0 Å². The first-order chi connectivity index (χ1) is 8.49. The maximum Gasteiger partial charge on any atom is 0.125 e. The Morgan fingerprint density at radius 3 is 2.50 bits per heavy atom. The van der Waals surface area contributed by atoms with E-state index in [4.69, 9.17) is 21.4 Å². The Morgan fingerprint density at radius 1 is 1.33 bits per heavy atom. The lowest BCUT2D eigenvalue weighted by Gasteiger charge is -2.17. The molecule has 0 amide bonds. The molecule has 0 radical (unpaired) electrons. The molecule has 1 aromatic carbocycles. The highest BCUT2D eigenvalue weighted by Gasteiger charge is 2.14. The van der Waals surface area contributed by atoms with Crippen LogP contribution < -0.4 is 4.74 Å². The van der Waals surface area contributed by atoms with Gasteiger partial charge in [-0.15, -0.1) is 0 Å². The van der Waals surface area contributed by atoms with Crippen molar-refractivity contribution >= 4 is 11.6 Å². The minimum absolute atomic E-state index is 0.222. The minimum Gasteiger partial charge on any atom is -0.496 e. The fraction of sp³-hybridized carbons (Fsp3) is 0.571. The average Bonchev–Trinajstić information content (AvgIpc) is 2.34. The third-order valence-electron chi connectivity index (χ3n) is 2.94. The molecule has 1 rings (SSSR count). The van der Waals surface area contributed by atoms with E-state index in [1.807, 2.05) is 12.1 Å². The molecule has 18 heavy (non-hydrogen) atoms. The number of hydrogen-bond donors (Lipinski definition) is 2. The summed E-state index contributed by atoms with van der Waals surface area (Å²) in [6.45, 7) is 3.95. The Labute approximate surface area is 113 Å². The van der Waals surface area contributed by atoms with Gasteiger partial charge in [-0.3, -0.25) is 0 Å². The SMILES string of the molecule is COc1c(CCC(O)CO)cc(Cl)cc1C(C)C. The zero-order chi connectivity index (χ0) is 13.7. The lowest BCUT2D eigenvalue weighted by atomic mass is 9.96. The molecule has 0 heterocycles. The predicted octanol–water partition coefficient (Wildman–Crippen LogP) is 2.76. The second-order valence-electron chi connectivity index (χ2n) is 4.72. The van der Waals surface area contributed by atoms with Gasteiger partial charge in [-0.1, -0.05) is 25.4 Å². The first kappa shape index (κ1) is 15.3. The van der Waals surface area contributed by atoms with E-state index >= 15 is 0 Å². The maximum atomic E-state index is 9.41. The summed E-state index contributed by atoms with van der Waals surface area (Å²) < 4.78 is 5.46. The molecule has 4 heteroatoms. The van der Waals surface area contributed by atoms with Crippen LogP contribution in [0.1, 0.15) is 37.3 Å². The molecular weight excluding hydrogens is 252 g/mol. The third kappa shape index (κ3) is 3.87. The zero-order valence-electron chi connectivity index (χ0n) is 11.1. The van der Waals surface area contributed by atoms with Crippen molar-refractivity contribution < 1.29 is 14.9 Å². The van der Waals surface area contributed by atoms with Crippen molar-refractivity contribution in [2.45, 2.75) is 38.7 Å². The summed E-state index contributed by atoms with van der Waals surface area (Å²) in [5.41, 5.74) is 2.04. The Bertz CT molecular complexity index is 391. The van der Waals surface area contributed by atoms with Crippen LogP contribution in [0.4, 0.5) is 0 Å². The molecule has 1 atom stereocenters. The molecule has 0 spiro atoms. The van der Waals surface area contributed by atoms with Crippen molar-refractivity contribution in [1.29, 1.82) is 0 Å². The standard InChI is InChI=1S/C14H21ClO3/c1-9(2)13-7-11(15)6-10(14(13)18-3)4-5-12(17)8-16/h6-7,9,12,16-17H,4-5,8H2,1-3H3. The number of hydrogen-bond acceptors (Lipinski definition) is 3. The summed E-state index contributed by atoms with van der Waals surface area (Å²) in [5.74, 6) is 1.15. The number of aryl methyl sites for hydroxylation is 1. The molecule has 0 bridgehead atoms. The number of methoxy groups -OCH3 is 1. The first-order valence-electron chi connectivity index (χ1n) is 6.14. The lowest BCUT2D eigenvalue weighted by molar-refractivity contribution is 0.0884. The Balaban J connectivity index is 3.02. The van der Waals surface area contributed by atoms with Gasteiger partial charge in [-0.25, -0.2) is 0 Å². The molecule has 0 aromatic heterocycles. The van der Waals surface area contributed by atoms with Crippen LogP contribution in [0.15, 0.2) is 12.1 Å². The van der Waals surface area contributed by atoms with E-state index in [1.165, 1.54) is 0 Å². The molecule has 2 N–H and O–H groups in total. The maximum absolute atomic E-state index is 9.41. The predicted molar refractivity (Wildman–Crippen MR) is 73.5 cm³/mol. The first-order valence-corrected chi connectivity index (χ1v) is 6.52. The molecule has 0 fully saturated rings. The van der Waals surface area contributed by atoms with Crippen LogP contribution in [0.25, 0.3) is 0 Å². The highest BCUT2D eigenvalue weighted by atomic mass is 35.5. The number of rotatable bonds is 6. The van der Waals surface area contributed by atoms with Crippen LogP contribution in [0.5, 0.6) is 5.75 Å². The summed E-state index contributed by atoms with van der Waals surface area (Å²) >= 11 is 6.10. The highest BCUT2D eigenvalue weighted by molar-refractivity contribution is 6.30. The van der Waals surface area contributed by atoms with Gasteiger partial charge < -0.3 is 14.9 Å². The zero-order valence-corrected chi connectivity index (χ0v) is 11.9. The summed E-state index contributed by atoms with van der Waals surface area (Å²) in [5, 5.41) is 18.9. The smallest absolute Gasteiger partial charge is 0.125 e. The molecule has 3 nitrogen and oxygen atoms in total. The van der Waals surface area contributed by atoms with Crippen molar-refractivity contribution in [3.05, 3.63) is 28.3 Å². The fourth-order valence-electron chi connectivity index (χ4n) is 1.95. The summed E-state index contributed by atoms with van der Waals surface area (Å²) in [7, 11) is 1.64. The van der Waals surface area contributed by atoms with Gasteiger partial charge in [0.2, 0.25) is 0 Å². The van der Waals surface area contributed by atoms with Gasteiger partial charge in [0.25, 0.3) is 0 Å². The van der Waals surface area contributed by atoms with Crippen LogP contribution >= 0.6 is 11.6 Å². The molecule has 0 aliphatic rings. The molecule has 1 unspecified atom stereocenters. The van der Waals surface area contributed by atoms with Gasteiger partial charge in [0, 0.05) is 5.02 Å². The summed E-state index contributed by atoms with van der Waals surface area (Å²) in [4.78, 5) is 0. The molecule has 102 valence electrons. The van der Waals surface area contributed by atoms with Crippen LogP contribution in [0.2, 0.25) is 5.02 Å². The third-order valence-corrected chi connectivity index (χ3v) is 3.16. The molecule has 1 aromatic rings. The molecule has 0 saturated carbocycles. The van der Waals surface area contributed by atoms with E-state index in [0.29, 0.717) is 23.8 Å². The molecular formula is C14H21ClO3. The van der Waals surface area contributed by atoms with Gasteiger partial charge in [0.15, 0.2) is 0 Å². The summed E-state index contributed by atoms with van der Waals surface area (Å²) in [6.07, 6.45) is 0.423. The number of aliphatic hydroxyl groups is 2. The van der Waals surface area contributed by atoms with E-state index in [2.05, 4.69) is 13.8 Å². The number of ether oxygens (including phenoxy) is 1. The normalized spacial score (nSPS) is 12.8. The second-order valence-corrected chi connectivity index (χ2v) is 5.15. The topological polar surface area (TPSA) is 49.7 Å². The minimum atomic E-state index is -0.698. The van der Waals surface area contributed by atoms with E-state index in [-0.39, 0.29) is 6.61 Å². The number of benzene rings is 1. The van der Waals surface area contributed by atoms with E-state index in [9.17, 15) is 5.11 Å². The average molecular weight is 273 g/mol. The molecule has 0 aliphatic carbocycles. The van der Waals surface area contributed by atoms with Crippen LogP contribution in [0, 0.1) is 0 Å². The van der Waals surface area contributed by atoms with Crippen molar-refractivity contribution in [3.8, 4) is 5.75 Å². The van der Waals surface area contributed by atoms with Crippen molar-refractivity contribution in [3.63, 3.8) is 0 Å². The summed E-state index contributed by atoms with van der Waals surface area (Å²) in [6, 6.07) is 3.77. The van der Waals surface area contributed by atoms with Crippen LogP contribution in [-0.4, -0.2) is 30.0 Å². The Kier molecular flexibility index (Phi) is 5.93. The fourth-order valence-corrected chi connectivity index (χ4v) is 2.20.